The van der Waals surface area contributed by atoms with Gasteiger partial charge in [0.15, 0.2) is 0 Å². The lowest BCUT2D eigenvalue weighted by atomic mass is 9.72. The topological polar surface area (TPSA) is 69.9 Å². The van der Waals surface area contributed by atoms with Crippen molar-refractivity contribution in [3.05, 3.63) is 64.2 Å². The Labute approximate surface area is 208 Å². The van der Waals surface area contributed by atoms with Crippen LogP contribution in [0.5, 0.6) is 0 Å². The summed E-state index contributed by atoms with van der Waals surface area (Å²) < 4.78 is 0. The molecule has 1 unspecified atom stereocenters. The van der Waals surface area contributed by atoms with E-state index in [1.807, 2.05) is 42.5 Å². The quantitative estimate of drug-likeness (QED) is 0.444. The summed E-state index contributed by atoms with van der Waals surface area (Å²) in [5, 5.41) is 23.7. The van der Waals surface area contributed by atoms with Crippen LogP contribution in [0.1, 0.15) is 43.6 Å². The van der Waals surface area contributed by atoms with E-state index in [0.29, 0.717) is 5.56 Å². The van der Waals surface area contributed by atoms with Crippen LogP contribution in [-0.2, 0) is 0 Å². The van der Waals surface area contributed by atoms with Gasteiger partial charge in [0.05, 0.1) is 16.1 Å². The fourth-order valence-corrected chi connectivity index (χ4v) is 5.16. The van der Waals surface area contributed by atoms with Crippen LogP contribution in [0.3, 0.4) is 0 Å². The van der Waals surface area contributed by atoms with Gasteiger partial charge in [-0.05, 0) is 37.1 Å². The first-order valence-electron chi connectivity index (χ1n) is 11.4. The number of likely N-dealkylation sites (N-methyl/N-ethyl adjacent to an activating group) is 1. The zero-order chi connectivity index (χ0) is 21.8. The minimum Gasteiger partial charge on any atom is -0.389 e. The average molecular weight is 496 g/mol. The third-order valence-corrected chi connectivity index (χ3v) is 7.11. The highest BCUT2D eigenvalue weighted by atomic mass is 35.5. The Morgan fingerprint density at radius 1 is 1.00 bits per heavy atom. The maximum absolute atomic E-state index is 12.0. The number of nitro groups is 1. The van der Waals surface area contributed by atoms with Crippen molar-refractivity contribution in [1.29, 1.82) is 0 Å². The van der Waals surface area contributed by atoms with Gasteiger partial charge in [-0.3, -0.25) is 10.1 Å². The molecule has 1 atom stereocenters. The van der Waals surface area contributed by atoms with Crippen LogP contribution in [-0.4, -0.2) is 65.2 Å². The van der Waals surface area contributed by atoms with Crippen LogP contribution >= 0.6 is 24.8 Å². The zero-order valence-electron chi connectivity index (χ0n) is 19.2. The number of rotatable bonds is 6. The molecule has 8 heteroatoms. The second-order valence-corrected chi connectivity index (χ2v) is 9.22. The van der Waals surface area contributed by atoms with Crippen LogP contribution in [0, 0.1) is 10.1 Å². The van der Waals surface area contributed by atoms with Gasteiger partial charge in [0.25, 0.3) is 5.69 Å². The van der Waals surface area contributed by atoms with Crippen molar-refractivity contribution in [1.82, 2.24) is 9.80 Å². The molecule has 2 aromatic rings. The smallest absolute Gasteiger partial charge is 0.277 e. The molecular formula is C25H35Cl2N3O3. The largest absolute Gasteiger partial charge is 0.389 e. The van der Waals surface area contributed by atoms with Crippen molar-refractivity contribution < 1.29 is 10.0 Å². The summed E-state index contributed by atoms with van der Waals surface area (Å²) in [4.78, 5) is 16.4. The zero-order valence-corrected chi connectivity index (χ0v) is 20.8. The van der Waals surface area contributed by atoms with E-state index in [0.717, 1.165) is 76.0 Å². The molecule has 33 heavy (non-hydrogen) atoms. The summed E-state index contributed by atoms with van der Waals surface area (Å²) in [6, 6.07) is 15.1. The Morgan fingerprint density at radius 2 is 1.64 bits per heavy atom. The Hall–Kier alpha value is -1.70. The van der Waals surface area contributed by atoms with E-state index in [-0.39, 0.29) is 41.3 Å². The van der Waals surface area contributed by atoms with Crippen LogP contribution in [0.2, 0.25) is 0 Å². The monoisotopic (exact) mass is 495 g/mol. The van der Waals surface area contributed by atoms with E-state index in [1.54, 1.807) is 6.07 Å². The Bertz CT molecular complexity index is 899. The van der Waals surface area contributed by atoms with E-state index in [9.17, 15) is 15.2 Å². The molecule has 0 amide bonds. The fraction of sp³-hybridized carbons (Fsp3) is 0.520. The van der Waals surface area contributed by atoms with Gasteiger partial charge in [-0.25, -0.2) is 0 Å². The summed E-state index contributed by atoms with van der Waals surface area (Å²) in [7, 11) is 2.13. The number of aliphatic hydroxyl groups is 1. The van der Waals surface area contributed by atoms with Crippen LogP contribution in [0.4, 0.5) is 5.69 Å². The molecule has 1 saturated carbocycles. The summed E-state index contributed by atoms with van der Waals surface area (Å²) in [5.41, 5.74) is 1.67. The SMILES string of the molecule is CN1CCN(CC(c2ccc(-c3ccccc3)c([N+](=O)[O-])c2)C2(O)CCCCC2)CC1.Cl.Cl. The lowest BCUT2D eigenvalue weighted by molar-refractivity contribution is -0.384. The second-order valence-electron chi connectivity index (χ2n) is 9.22. The fourth-order valence-electron chi connectivity index (χ4n) is 5.16. The van der Waals surface area contributed by atoms with E-state index in [1.165, 1.54) is 0 Å². The molecular weight excluding hydrogens is 461 g/mol. The Kier molecular flexibility index (Phi) is 10.1. The number of benzene rings is 2. The molecule has 0 spiro atoms. The lowest BCUT2D eigenvalue weighted by Gasteiger charge is -2.43. The van der Waals surface area contributed by atoms with Gasteiger partial charge in [-0.1, -0.05) is 55.7 Å². The van der Waals surface area contributed by atoms with Gasteiger partial charge in [-0.2, -0.15) is 0 Å². The third-order valence-electron chi connectivity index (χ3n) is 7.11. The minimum atomic E-state index is -0.802. The van der Waals surface area contributed by atoms with Gasteiger partial charge in [-0.15, -0.1) is 24.8 Å². The molecule has 1 saturated heterocycles. The standard InChI is InChI=1S/C25H33N3O3.2ClH/c1-26-14-16-27(17-15-26)19-23(25(29)12-6-3-7-13-25)21-10-11-22(24(18-21)28(30)31)20-8-4-2-5-9-20;;/h2,4-5,8-11,18,23,29H,3,6-7,12-17,19H2,1H3;2*1H. The normalized spacial score (nSPS) is 19.7. The molecule has 1 aliphatic carbocycles. The molecule has 6 nitrogen and oxygen atoms in total. The third kappa shape index (κ3) is 6.46. The summed E-state index contributed by atoms with van der Waals surface area (Å²) in [6.45, 7) is 4.70. The average Bonchev–Trinajstić information content (AvgIpc) is 2.79. The van der Waals surface area contributed by atoms with E-state index >= 15 is 0 Å². The molecule has 2 fully saturated rings. The molecule has 1 heterocycles. The molecule has 0 radical (unpaired) electrons. The number of hydrogen-bond donors (Lipinski definition) is 1. The highest BCUT2D eigenvalue weighted by Gasteiger charge is 2.40. The summed E-state index contributed by atoms with van der Waals surface area (Å²) in [6.07, 6.45) is 4.70. The maximum Gasteiger partial charge on any atom is 0.277 e. The van der Waals surface area contributed by atoms with Crippen molar-refractivity contribution in [3.63, 3.8) is 0 Å². The second kappa shape index (κ2) is 12.1. The molecule has 2 aromatic carbocycles. The predicted molar refractivity (Wildman–Crippen MR) is 138 cm³/mol. The molecule has 1 aliphatic heterocycles. The van der Waals surface area contributed by atoms with Gasteiger partial charge in [0, 0.05) is 44.7 Å². The Balaban J connectivity index is 0.00000193. The maximum atomic E-state index is 12.0. The number of nitro benzene ring substituents is 1. The Morgan fingerprint density at radius 3 is 2.24 bits per heavy atom. The molecule has 0 bridgehead atoms. The lowest BCUT2D eigenvalue weighted by Crippen LogP contribution is -2.50. The van der Waals surface area contributed by atoms with E-state index in [2.05, 4.69) is 16.8 Å². The van der Waals surface area contributed by atoms with Crippen molar-refractivity contribution in [2.75, 3.05) is 39.8 Å². The summed E-state index contributed by atoms with van der Waals surface area (Å²) in [5.74, 6) is -0.125. The molecule has 1 N–H and O–H groups in total. The number of piperazine rings is 1. The van der Waals surface area contributed by atoms with Gasteiger partial charge < -0.3 is 14.9 Å². The highest BCUT2D eigenvalue weighted by molar-refractivity contribution is 5.85. The van der Waals surface area contributed by atoms with Gasteiger partial charge in [0.1, 0.15) is 0 Å². The van der Waals surface area contributed by atoms with Gasteiger partial charge >= 0.3 is 0 Å². The molecule has 2 aliphatic rings. The molecule has 182 valence electrons. The molecule has 0 aromatic heterocycles. The number of hydrogen-bond acceptors (Lipinski definition) is 5. The van der Waals surface area contributed by atoms with Crippen LogP contribution in [0.15, 0.2) is 48.5 Å². The molecule has 4 rings (SSSR count). The predicted octanol–water partition coefficient (Wildman–Crippen LogP) is 5.13. The number of halogens is 2. The minimum absolute atomic E-state index is 0. The highest BCUT2D eigenvalue weighted by Crippen LogP contribution is 2.42. The van der Waals surface area contributed by atoms with Crippen molar-refractivity contribution in [2.45, 2.75) is 43.6 Å². The van der Waals surface area contributed by atoms with Crippen LogP contribution in [0.25, 0.3) is 11.1 Å². The number of nitrogens with zero attached hydrogens (tertiary/aromatic N) is 3. The van der Waals surface area contributed by atoms with E-state index < -0.39 is 5.60 Å². The van der Waals surface area contributed by atoms with Crippen molar-refractivity contribution in [3.8, 4) is 11.1 Å². The first kappa shape index (κ1) is 27.5. The van der Waals surface area contributed by atoms with E-state index in [4.69, 9.17) is 0 Å². The van der Waals surface area contributed by atoms with Gasteiger partial charge in [0.2, 0.25) is 0 Å². The van der Waals surface area contributed by atoms with Crippen LogP contribution < -0.4 is 0 Å². The first-order chi connectivity index (χ1) is 15.0. The van der Waals surface area contributed by atoms with Crippen molar-refractivity contribution >= 4 is 30.5 Å². The summed E-state index contributed by atoms with van der Waals surface area (Å²) >= 11 is 0. The van der Waals surface area contributed by atoms with Crippen molar-refractivity contribution in [2.24, 2.45) is 0 Å². The first-order valence-corrected chi connectivity index (χ1v) is 11.4.